The number of rotatable bonds is 9. The first-order valence-electron chi connectivity index (χ1n) is 11.3. The number of carbonyl (C=O) groups is 2. The summed E-state index contributed by atoms with van der Waals surface area (Å²) in [5.41, 5.74) is 0.856. The average Bonchev–Trinajstić information content (AvgIpc) is 2.85. The second-order valence-electron chi connectivity index (χ2n) is 8.36. The molecule has 198 valence electrons. The second kappa shape index (κ2) is 12.3. The zero-order valence-electron chi connectivity index (χ0n) is 19.5. The summed E-state index contributed by atoms with van der Waals surface area (Å²) >= 11 is 0. The number of aliphatic hydroxyl groups excluding tert-OH is 4. The molecule has 0 unspecified atom stereocenters. The Hall–Kier alpha value is -3.00. The average molecular weight is 510 g/mol. The highest BCUT2D eigenvalue weighted by molar-refractivity contribution is 5.89. The maximum atomic E-state index is 12.6. The van der Waals surface area contributed by atoms with Crippen molar-refractivity contribution in [1.29, 1.82) is 0 Å². The molecule has 0 amide bonds. The predicted molar refractivity (Wildman–Crippen MR) is 120 cm³/mol. The molecule has 0 saturated carbocycles. The van der Waals surface area contributed by atoms with Gasteiger partial charge < -0.3 is 49.6 Å². The lowest BCUT2D eigenvalue weighted by atomic mass is 9.86. The van der Waals surface area contributed by atoms with E-state index in [1.807, 2.05) is 0 Å². The number of phenolic OH excluding ortho intramolecular Hbond substituents is 1. The Morgan fingerprint density at radius 2 is 1.78 bits per heavy atom. The van der Waals surface area contributed by atoms with Gasteiger partial charge in [-0.3, -0.25) is 4.79 Å². The molecule has 0 spiro atoms. The quantitative estimate of drug-likeness (QED) is 0.186. The van der Waals surface area contributed by atoms with E-state index in [1.54, 1.807) is 19.1 Å². The molecule has 2 aliphatic heterocycles. The Bertz CT molecular complexity index is 970. The molecule has 12 nitrogen and oxygen atoms in total. The van der Waals surface area contributed by atoms with E-state index in [4.69, 9.17) is 18.9 Å². The Morgan fingerprint density at radius 3 is 2.39 bits per heavy atom. The number of ether oxygens (including phenoxy) is 4. The third-order valence-electron chi connectivity index (χ3n) is 6.02. The van der Waals surface area contributed by atoms with Crippen LogP contribution in [0, 0.1) is 5.92 Å². The van der Waals surface area contributed by atoms with Gasteiger partial charge in [-0.05, 0) is 24.6 Å². The van der Waals surface area contributed by atoms with Crippen molar-refractivity contribution < 1.29 is 59.2 Å². The molecule has 3 rings (SSSR count). The van der Waals surface area contributed by atoms with Gasteiger partial charge in [0.2, 0.25) is 6.29 Å². The molecule has 1 fully saturated rings. The minimum atomic E-state index is -1.70. The molecule has 0 bridgehead atoms. The fourth-order valence-corrected chi connectivity index (χ4v) is 3.99. The van der Waals surface area contributed by atoms with Gasteiger partial charge in [-0.15, -0.1) is 0 Å². The first-order valence-corrected chi connectivity index (χ1v) is 11.3. The van der Waals surface area contributed by atoms with Gasteiger partial charge in [0.15, 0.2) is 6.29 Å². The van der Waals surface area contributed by atoms with Gasteiger partial charge in [0, 0.05) is 17.9 Å². The number of hydrogen-bond donors (Lipinski definition) is 6. The maximum absolute atomic E-state index is 12.6. The van der Waals surface area contributed by atoms with E-state index in [0.717, 1.165) is 11.8 Å². The van der Waals surface area contributed by atoms with Crippen LogP contribution in [0.25, 0.3) is 0 Å². The van der Waals surface area contributed by atoms with Crippen molar-refractivity contribution in [1.82, 2.24) is 0 Å². The number of aliphatic carboxylic acids is 1. The van der Waals surface area contributed by atoms with Crippen molar-refractivity contribution in [2.24, 2.45) is 5.92 Å². The molecule has 0 aromatic heterocycles. The topological polar surface area (TPSA) is 192 Å². The second-order valence-corrected chi connectivity index (χ2v) is 8.36. The number of allylic oxidation sites excluding steroid dienone is 1. The third kappa shape index (κ3) is 6.40. The van der Waals surface area contributed by atoms with E-state index >= 15 is 0 Å². The summed E-state index contributed by atoms with van der Waals surface area (Å²) < 4.78 is 21.6. The van der Waals surface area contributed by atoms with E-state index in [1.165, 1.54) is 18.2 Å². The Morgan fingerprint density at radius 1 is 1.08 bits per heavy atom. The lowest BCUT2D eigenvalue weighted by Crippen LogP contribution is -2.60. The Balaban J connectivity index is 1.68. The highest BCUT2D eigenvalue weighted by atomic mass is 16.8. The Kier molecular flexibility index (Phi) is 9.43. The van der Waals surface area contributed by atoms with Gasteiger partial charge in [-0.25, -0.2) is 4.79 Å². The van der Waals surface area contributed by atoms with Crippen LogP contribution in [0.4, 0.5) is 0 Å². The highest BCUT2D eigenvalue weighted by Gasteiger charge is 2.46. The van der Waals surface area contributed by atoms with E-state index in [2.05, 4.69) is 0 Å². The highest BCUT2D eigenvalue weighted by Crippen LogP contribution is 2.35. The molecule has 1 aromatic rings. The van der Waals surface area contributed by atoms with Crippen LogP contribution < -0.4 is 0 Å². The number of aliphatic hydroxyl groups is 4. The molecular formula is C24H30O12. The minimum Gasteiger partial charge on any atom is -0.508 e. The van der Waals surface area contributed by atoms with E-state index in [0.29, 0.717) is 6.42 Å². The maximum Gasteiger partial charge on any atom is 0.335 e. The van der Waals surface area contributed by atoms with Crippen molar-refractivity contribution in [2.45, 2.75) is 56.8 Å². The van der Waals surface area contributed by atoms with Crippen molar-refractivity contribution in [2.75, 3.05) is 13.2 Å². The van der Waals surface area contributed by atoms with Crippen molar-refractivity contribution in [3.63, 3.8) is 0 Å². The summed E-state index contributed by atoms with van der Waals surface area (Å²) in [6.45, 7) is 0.958. The summed E-state index contributed by atoms with van der Waals surface area (Å²) in [5.74, 6) is -2.86. The molecule has 12 heteroatoms. The number of benzene rings is 1. The molecule has 0 radical (unpaired) electrons. The van der Waals surface area contributed by atoms with Crippen molar-refractivity contribution in [3.8, 4) is 5.75 Å². The lowest BCUT2D eigenvalue weighted by Gasteiger charge is -2.41. The largest absolute Gasteiger partial charge is 0.508 e. The number of carboxylic acids is 1. The number of esters is 1. The normalized spacial score (nSPS) is 31.4. The lowest BCUT2D eigenvalue weighted by molar-refractivity contribution is -0.327. The van der Waals surface area contributed by atoms with E-state index < -0.39 is 61.5 Å². The zero-order valence-corrected chi connectivity index (χ0v) is 19.5. The number of phenols is 1. The van der Waals surface area contributed by atoms with Gasteiger partial charge in [-0.1, -0.05) is 18.2 Å². The van der Waals surface area contributed by atoms with Gasteiger partial charge >= 0.3 is 11.9 Å². The SMILES string of the molecule is CC=C1[C@H](O[C@@H]2O[C@H](CO)[C@@H](O)[C@H](O)[C@H]2O)OC=C(C(=O)O)[C@H]1CC(=O)OCCc1ccc(O)cc1. The van der Waals surface area contributed by atoms with Crippen LogP contribution in [-0.4, -0.2) is 92.8 Å². The molecule has 1 aromatic carbocycles. The summed E-state index contributed by atoms with van der Waals surface area (Å²) in [4.78, 5) is 24.4. The number of hydrogen-bond acceptors (Lipinski definition) is 11. The van der Waals surface area contributed by atoms with Crippen LogP contribution in [0.5, 0.6) is 5.75 Å². The molecule has 6 N–H and O–H groups in total. The smallest absolute Gasteiger partial charge is 0.335 e. The minimum absolute atomic E-state index is 0.0366. The van der Waals surface area contributed by atoms with Crippen LogP contribution in [0.1, 0.15) is 18.9 Å². The van der Waals surface area contributed by atoms with Crippen molar-refractivity contribution >= 4 is 11.9 Å². The predicted octanol–water partition coefficient (Wildman–Crippen LogP) is -0.428. The van der Waals surface area contributed by atoms with Gasteiger partial charge in [0.25, 0.3) is 0 Å². The number of carbonyl (C=O) groups excluding carboxylic acids is 1. The molecule has 1 saturated heterocycles. The van der Waals surface area contributed by atoms with Crippen LogP contribution >= 0.6 is 0 Å². The standard InChI is InChI=1S/C24H30O12/c1-2-14-15(9-18(27)33-8-7-12-3-5-13(26)6-4-12)16(22(31)32)11-34-23(14)36-24-21(30)20(29)19(28)17(10-25)35-24/h2-6,11,15,17,19-21,23-26,28-30H,7-10H2,1H3,(H,31,32)/t15-,17+,19+,20-,21+,23-,24-/m0/s1. The van der Waals surface area contributed by atoms with Crippen LogP contribution in [0.3, 0.4) is 0 Å². The van der Waals surface area contributed by atoms with Gasteiger partial charge in [0.05, 0.1) is 31.5 Å². The molecule has 2 aliphatic rings. The summed E-state index contributed by atoms with van der Waals surface area (Å²) in [6, 6.07) is 6.39. The Labute approximate surface area is 206 Å². The van der Waals surface area contributed by atoms with Crippen molar-refractivity contribution in [3.05, 3.63) is 53.3 Å². The zero-order chi connectivity index (χ0) is 26.4. The summed E-state index contributed by atoms with van der Waals surface area (Å²) in [6.07, 6.45) is -6.52. The van der Waals surface area contributed by atoms with Crippen LogP contribution in [-0.2, 0) is 35.0 Å². The fourth-order valence-electron chi connectivity index (χ4n) is 3.99. The fraction of sp³-hybridized carbons (Fsp3) is 0.500. The van der Waals surface area contributed by atoms with E-state index in [-0.39, 0.29) is 29.9 Å². The number of aromatic hydroxyl groups is 1. The number of carboxylic acid groups (broad SMARTS) is 1. The van der Waals surface area contributed by atoms with Crippen LogP contribution in [0.15, 0.2) is 47.7 Å². The molecule has 2 heterocycles. The summed E-state index contributed by atoms with van der Waals surface area (Å²) in [5, 5.41) is 58.5. The van der Waals surface area contributed by atoms with E-state index in [9.17, 15) is 40.2 Å². The first-order chi connectivity index (χ1) is 17.2. The van der Waals surface area contributed by atoms with Gasteiger partial charge in [0.1, 0.15) is 30.2 Å². The first kappa shape index (κ1) is 27.6. The molecule has 7 atom stereocenters. The summed E-state index contributed by atoms with van der Waals surface area (Å²) in [7, 11) is 0. The van der Waals surface area contributed by atoms with Crippen LogP contribution in [0.2, 0.25) is 0 Å². The third-order valence-corrected chi connectivity index (χ3v) is 6.02. The molecule has 36 heavy (non-hydrogen) atoms. The van der Waals surface area contributed by atoms with Gasteiger partial charge in [-0.2, -0.15) is 0 Å². The molecule has 0 aliphatic carbocycles. The molecular weight excluding hydrogens is 480 g/mol. The monoisotopic (exact) mass is 510 g/mol.